The highest BCUT2D eigenvalue weighted by atomic mass is 35.5. The number of carbonyl (C=O) groups excluding carboxylic acids is 1. The maximum absolute atomic E-state index is 14.1. The summed E-state index contributed by atoms with van der Waals surface area (Å²) in [5.74, 6) is 0.254. The van der Waals surface area contributed by atoms with Crippen molar-refractivity contribution in [2.45, 2.75) is 81.6 Å². The number of nitrogens with zero attached hydrogens (tertiary/aromatic N) is 5. The molecule has 3 fully saturated rings. The Labute approximate surface area is 298 Å². The van der Waals surface area contributed by atoms with Gasteiger partial charge in [0.05, 0.1) is 17.5 Å². The minimum absolute atomic E-state index is 0.111. The maximum Gasteiger partial charge on any atom is 0.243 e. The van der Waals surface area contributed by atoms with Crippen LogP contribution in [0.15, 0.2) is 65.8 Å². The Morgan fingerprint density at radius 1 is 0.898 bits per heavy atom. The number of piperidine rings is 2. The van der Waals surface area contributed by atoms with Crippen molar-refractivity contribution in [3.05, 3.63) is 65.9 Å². The van der Waals surface area contributed by atoms with Crippen LogP contribution in [0.2, 0.25) is 23.2 Å². The zero-order valence-electron chi connectivity index (χ0n) is 29.6. The van der Waals surface area contributed by atoms with Crippen LogP contribution in [0, 0.1) is 5.92 Å². The lowest BCUT2D eigenvalue weighted by molar-refractivity contribution is -0.139. The van der Waals surface area contributed by atoms with Crippen LogP contribution in [0.4, 0.5) is 5.69 Å². The molecule has 0 spiro atoms. The molecule has 0 bridgehead atoms. The van der Waals surface area contributed by atoms with Crippen molar-refractivity contribution >= 4 is 52.3 Å². The molecule has 2 aromatic carbocycles. The summed E-state index contributed by atoms with van der Waals surface area (Å²) in [6.45, 7) is 16.5. The lowest BCUT2D eigenvalue weighted by Gasteiger charge is -2.46. The monoisotopic (exact) mass is 725 g/mol. The van der Waals surface area contributed by atoms with Gasteiger partial charge in [0.2, 0.25) is 15.9 Å². The lowest BCUT2D eigenvalue weighted by Crippen LogP contribution is -2.62. The molecule has 3 aromatic rings. The predicted molar refractivity (Wildman–Crippen MR) is 200 cm³/mol. The molecule has 0 N–H and O–H groups in total. The highest BCUT2D eigenvalue weighted by Crippen LogP contribution is 2.38. The highest BCUT2D eigenvalue weighted by Gasteiger charge is 2.42. The van der Waals surface area contributed by atoms with Crippen LogP contribution in [0.25, 0.3) is 10.8 Å². The van der Waals surface area contributed by atoms with E-state index in [0.717, 1.165) is 62.6 Å². The van der Waals surface area contributed by atoms with Crippen LogP contribution < -0.4 is 4.90 Å². The van der Waals surface area contributed by atoms with Crippen LogP contribution in [-0.4, -0.2) is 106 Å². The SMILES string of the molecule is CC(C)(C)[Si](C)(C)OC1CCN(CC2CN(S(=O)(=O)c3ccc4cc(Cl)ccc4c3)CC(=O)N2CC2CCN(c3ccncc3)CC2)CC1. The van der Waals surface area contributed by atoms with Crippen LogP contribution in [-0.2, 0) is 19.2 Å². The van der Waals surface area contributed by atoms with E-state index < -0.39 is 18.3 Å². The Morgan fingerprint density at radius 2 is 1.55 bits per heavy atom. The average molecular weight is 726 g/mol. The van der Waals surface area contributed by atoms with Crippen LogP contribution >= 0.6 is 11.6 Å². The summed E-state index contributed by atoms with van der Waals surface area (Å²) in [5, 5.41) is 2.44. The fourth-order valence-corrected chi connectivity index (χ4v) is 10.3. The van der Waals surface area contributed by atoms with Gasteiger partial charge in [-0.15, -0.1) is 0 Å². The van der Waals surface area contributed by atoms with Crippen LogP contribution in [0.1, 0.15) is 46.5 Å². The second kappa shape index (κ2) is 14.6. The highest BCUT2D eigenvalue weighted by molar-refractivity contribution is 7.89. The van der Waals surface area contributed by atoms with Gasteiger partial charge in [-0.3, -0.25) is 9.78 Å². The summed E-state index contributed by atoms with van der Waals surface area (Å²) >= 11 is 6.17. The second-order valence-electron chi connectivity index (χ2n) is 15.7. The van der Waals surface area contributed by atoms with Crippen molar-refractivity contribution in [1.82, 2.24) is 19.1 Å². The number of hydrogen-bond acceptors (Lipinski definition) is 7. The molecule has 9 nitrogen and oxygen atoms in total. The predicted octanol–water partition coefficient (Wildman–Crippen LogP) is 6.49. The minimum atomic E-state index is -3.90. The molecule has 3 aliphatic heterocycles. The molecule has 1 amide bonds. The van der Waals surface area contributed by atoms with Crippen molar-refractivity contribution in [3.63, 3.8) is 0 Å². The molecule has 266 valence electrons. The second-order valence-corrected chi connectivity index (χ2v) is 22.8. The first-order valence-corrected chi connectivity index (χ1v) is 22.5. The number of piperazine rings is 1. The zero-order chi connectivity index (χ0) is 35.0. The minimum Gasteiger partial charge on any atom is -0.414 e. The van der Waals surface area contributed by atoms with Crippen molar-refractivity contribution < 1.29 is 17.6 Å². The third-order valence-electron chi connectivity index (χ3n) is 11.3. The topological polar surface area (TPSA) is 86.3 Å². The quantitative estimate of drug-likeness (QED) is 0.233. The standard InChI is InChI=1S/C37H52ClN5O4SSi/c1-37(2,3)49(4,5)47-34-14-18-40(19-15-34)25-33-26-42(48(45,46)35-9-7-29-22-31(38)8-6-30(29)23-35)27-36(44)43(33)24-28-12-20-41(21-13-28)32-10-16-39-17-11-32/h6-11,16-17,22-23,28,33-34H,12-15,18-21,24-27H2,1-5H3. The molecule has 3 saturated heterocycles. The number of sulfonamides is 1. The van der Waals surface area contributed by atoms with Gasteiger partial charge in [0.25, 0.3) is 0 Å². The number of halogens is 1. The molecule has 4 heterocycles. The fraction of sp³-hybridized carbons (Fsp3) is 0.568. The summed E-state index contributed by atoms with van der Waals surface area (Å²) in [5.41, 5.74) is 1.18. The molecule has 0 saturated carbocycles. The molecule has 0 radical (unpaired) electrons. The molecular weight excluding hydrogens is 674 g/mol. The van der Waals surface area contributed by atoms with Gasteiger partial charge in [-0.25, -0.2) is 8.42 Å². The van der Waals surface area contributed by atoms with E-state index in [2.05, 4.69) is 48.6 Å². The first-order chi connectivity index (χ1) is 23.2. The molecular formula is C37H52ClN5O4SSi. The first kappa shape index (κ1) is 36.3. The van der Waals surface area contributed by atoms with E-state index in [0.29, 0.717) is 24.0 Å². The van der Waals surface area contributed by atoms with Crippen molar-refractivity contribution in [3.8, 4) is 0 Å². The van der Waals surface area contributed by atoms with E-state index in [-0.39, 0.29) is 41.1 Å². The zero-order valence-corrected chi connectivity index (χ0v) is 32.2. The maximum atomic E-state index is 14.1. The number of anilines is 1. The van der Waals surface area contributed by atoms with Crippen molar-refractivity contribution in [2.75, 3.05) is 57.3 Å². The number of amides is 1. The lowest BCUT2D eigenvalue weighted by atomic mass is 9.94. The Hall–Kier alpha value is -2.54. The van der Waals surface area contributed by atoms with Gasteiger partial charge in [-0.1, -0.05) is 44.5 Å². The molecule has 3 aliphatic rings. The molecule has 1 atom stereocenters. The Balaban J connectivity index is 1.17. The summed E-state index contributed by atoms with van der Waals surface area (Å²) in [6, 6.07) is 14.4. The largest absolute Gasteiger partial charge is 0.414 e. The van der Waals surface area contributed by atoms with Crippen molar-refractivity contribution in [2.24, 2.45) is 5.92 Å². The number of pyridine rings is 1. The van der Waals surface area contributed by atoms with Crippen LogP contribution in [0.3, 0.4) is 0 Å². The molecule has 6 rings (SSSR count). The van der Waals surface area contributed by atoms with E-state index in [1.165, 1.54) is 9.99 Å². The smallest absolute Gasteiger partial charge is 0.243 e. The molecule has 1 unspecified atom stereocenters. The van der Waals surface area contributed by atoms with Crippen LogP contribution in [0.5, 0.6) is 0 Å². The molecule has 0 aliphatic carbocycles. The van der Waals surface area contributed by atoms with Gasteiger partial charge in [-0.2, -0.15) is 4.31 Å². The number of carbonyl (C=O) groups is 1. The van der Waals surface area contributed by atoms with Gasteiger partial charge in [0.15, 0.2) is 8.32 Å². The van der Waals surface area contributed by atoms with Gasteiger partial charge < -0.3 is 19.1 Å². The number of likely N-dealkylation sites (tertiary alicyclic amines) is 1. The van der Waals surface area contributed by atoms with E-state index in [9.17, 15) is 13.2 Å². The third kappa shape index (κ3) is 8.34. The van der Waals surface area contributed by atoms with Gasteiger partial charge in [0.1, 0.15) is 0 Å². The number of aromatic nitrogens is 1. The van der Waals surface area contributed by atoms with E-state index in [1.807, 2.05) is 41.6 Å². The van der Waals surface area contributed by atoms with Gasteiger partial charge in [0, 0.05) is 75.0 Å². The summed E-state index contributed by atoms with van der Waals surface area (Å²) < 4.78 is 36.4. The van der Waals surface area contributed by atoms with Gasteiger partial charge in [-0.05, 0) is 96.9 Å². The fourth-order valence-electron chi connectivity index (χ4n) is 7.25. The molecule has 49 heavy (non-hydrogen) atoms. The summed E-state index contributed by atoms with van der Waals surface area (Å²) in [7, 11) is -5.77. The molecule has 1 aromatic heterocycles. The van der Waals surface area contributed by atoms with Crippen molar-refractivity contribution in [1.29, 1.82) is 0 Å². The van der Waals surface area contributed by atoms with E-state index >= 15 is 0 Å². The number of fused-ring (bicyclic) bond motifs is 1. The number of rotatable bonds is 9. The third-order valence-corrected chi connectivity index (χ3v) is 17.8. The normalized spacial score (nSPS) is 21.5. The summed E-state index contributed by atoms with van der Waals surface area (Å²) in [4.78, 5) is 25.2. The van der Waals surface area contributed by atoms with E-state index in [1.54, 1.807) is 24.3 Å². The average Bonchev–Trinajstić information content (AvgIpc) is 3.06. The van der Waals surface area contributed by atoms with Gasteiger partial charge >= 0.3 is 0 Å². The Kier molecular flexibility index (Phi) is 10.8. The van der Waals surface area contributed by atoms with E-state index in [4.69, 9.17) is 16.0 Å². The number of hydrogen-bond donors (Lipinski definition) is 0. The summed E-state index contributed by atoms with van der Waals surface area (Å²) in [6.07, 6.45) is 7.76. The number of benzene rings is 2. The first-order valence-electron chi connectivity index (χ1n) is 17.7. The Bertz CT molecular complexity index is 1720. The Morgan fingerprint density at radius 3 is 2.22 bits per heavy atom. The molecule has 12 heteroatoms.